The minimum absolute atomic E-state index is 0.0152. The van der Waals surface area contributed by atoms with E-state index < -0.39 is 0 Å². The van der Waals surface area contributed by atoms with Gasteiger partial charge in [-0.3, -0.25) is 4.99 Å². The molecule has 0 radical (unpaired) electrons. The fourth-order valence-electron chi connectivity index (χ4n) is 2.32. The van der Waals surface area contributed by atoms with Gasteiger partial charge in [0.25, 0.3) is 0 Å². The second kappa shape index (κ2) is 5.86. The van der Waals surface area contributed by atoms with E-state index in [4.69, 9.17) is 5.73 Å². The molecule has 0 atom stereocenters. The van der Waals surface area contributed by atoms with E-state index in [1.54, 1.807) is 0 Å². The van der Waals surface area contributed by atoms with Crippen LogP contribution in [-0.4, -0.2) is 30.5 Å². The van der Waals surface area contributed by atoms with Crippen LogP contribution < -0.4 is 5.73 Å². The molecule has 1 aliphatic carbocycles. The van der Waals surface area contributed by atoms with Crippen LogP contribution in [0.4, 0.5) is 0 Å². The number of nitrogens with two attached hydrogens (primary N) is 1. The summed E-state index contributed by atoms with van der Waals surface area (Å²) in [5.41, 5.74) is 8.78. The smallest absolute Gasteiger partial charge is 0.191 e. The SMILES string of the molecule is CCc1ccc(C(C)(C)CN=C(N)N(C)C2CC2)cc1. The molecular weight excluding hydrogens is 246 g/mol. The maximum atomic E-state index is 6.06. The number of aliphatic imine (C=N–C) groups is 1. The van der Waals surface area contributed by atoms with Gasteiger partial charge in [-0.05, 0) is 30.4 Å². The molecule has 110 valence electrons. The predicted molar refractivity (Wildman–Crippen MR) is 86.1 cm³/mol. The topological polar surface area (TPSA) is 41.6 Å². The third-order valence-corrected chi connectivity index (χ3v) is 4.24. The number of benzene rings is 1. The molecule has 0 amide bonds. The number of guanidine groups is 1. The zero-order valence-corrected chi connectivity index (χ0v) is 13.2. The fraction of sp³-hybridized carbons (Fsp3) is 0.588. The summed E-state index contributed by atoms with van der Waals surface area (Å²) in [7, 11) is 2.04. The molecule has 2 N–H and O–H groups in total. The summed E-state index contributed by atoms with van der Waals surface area (Å²) in [6.07, 6.45) is 3.57. The van der Waals surface area contributed by atoms with Crippen molar-refractivity contribution in [2.24, 2.45) is 10.7 Å². The quantitative estimate of drug-likeness (QED) is 0.662. The van der Waals surface area contributed by atoms with Crippen molar-refractivity contribution in [3.63, 3.8) is 0 Å². The first-order chi connectivity index (χ1) is 9.44. The zero-order chi connectivity index (χ0) is 14.8. The van der Waals surface area contributed by atoms with Gasteiger partial charge in [0, 0.05) is 18.5 Å². The maximum absolute atomic E-state index is 6.06. The minimum atomic E-state index is 0.0152. The van der Waals surface area contributed by atoms with E-state index in [0.29, 0.717) is 12.0 Å². The molecule has 1 saturated carbocycles. The lowest BCUT2D eigenvalue weighted by Crippen LogP contribution is -2.37. The molecule has 2 rings (SSSR count). The van der Waals surface area contributed by atoms with Crippen molar-refractivity contribution in [3.8, 4) is 0 Å². The third kappa shape index (κ3) is 3.53. The second-order valence-electron chi connectivity index (χ2n) is 6.45. The van der Waals surface area contributed by atoms with Crippen LogP contribution in [0.15, 0.2) is 29.3 Å². The van der Waals surface area contributed by atoms with Gasteiger partial charge in [0.05, 0.1) is 6.54 Å². The van der Waals surface area contributed by atoms with Crippen LogP contribution in [0.5, 0.6) is 0 Å². The van der Waals surface area contributed by atoms with Gasteiger partial charge in [-0.2, -0.15) is 0 Å². The molecule has 0 aliphatic heterocycles. The maximum Gasteiger partial charge on any atom is 0.191 e. The molecule has 1 aromatic rings. The van der Waals surface area contributed by atoms with Gasteiger partial charge in [-0.15, -0.1) is 0 Å². The van der Waals surface area contributed by atoms with Crippen molar-refractivity contribution in [2.75, 3.05) is 13.6 Å². The normalized spacial score (nSPS) is 16.3. The van der Waals surface area contributed by atoms with Gasteiger partial charge in [0.1, 0.15) is 0 Å². The van der Waals surface area contributed by atoms with Gasteiger partial charge < -0.3 is 10.6 Å². The molecule has 3 nitrogen and oxygen atoms in total. The van der Waals surface area contributed by atoms with Crippen LogP contribution in [0.25, 0.3) is 0 Å². The van der Waals surface area contributed by atoms with E-state index in [-0.39, 0.29) is 5.41 Å². The lowest BCUT2D eigenvalue weighted by molar-refractivity contribution is 0.476. The van der Waals surface area contributed by atoms with Crippen LogP contribution in [0, 0.1) is 0 Å². The van der Waals surface area contributed by atoms with E-state index in [9.17, 15) is 0 Å². The Kier molecular flexibility index (Phi) is 4.36. The summed E-state index contributed by atoms with van der Waals surface area (Å²) in [5.74, 6) is 0.672. The second-order valence-corrected chi connectivity index (χ2v) is 6.45. The highest BCUT2D eigenvalue weighted by molar-refractivity contribution is 5.78. The number of hydrogen-bond donors (Lipinski definition) is 1. The van der Waals surface area contributed by atoms with E-state index in [1.807, 2.05) is 7.05 Å². The molecule has 0 aromatic heterocycles. The van der Waals surface area contributed by atoms with Crippen molar-refractivity contribution in [1.82, 2.24) is 4.90 Å². The summed E-state index contributed by atoms with van der Waals surface area (Å²) in [4.78, 5) is 6.70. The molecule has 0 bridgehead atoms. The molecule has 1 aromatic carbocycles. The van der Waals surface area contributed by atoms with Gasteiger partial charge in [0.2, 0.25) is 0 Å². The van der Waals surface area contributed by atoms with Crippen molar-refractivity contribution in [3.05, 3.63) is 35.4 Å². The summed E-state index contributed by atoms with van der Waals surface area (Å²) in [6.45, 7) is 7.35. The van der Waals surface area contributed by atoms with E-state index in [0.717, 1.165) is 13.0 Å². The third-order valence-electron chi connectivity index (χ3n) is 4.24. The first-order valence-electron chi connectivity index (χ1n) is 7.56. The molecule has 1 aliphatic rings. The Morgan fingerprint density at radius 1 is 1.30 bits per heavy atom. The van der Waals surface area contributed by atoms with E-state index in [1.165, 1.54) is 24.0 Å². The highest BCUT2D eigenvalue weighted by Gasteiger charge is 2.28. The van der Waals surface area contributed by atoms with Crippen LogP contribution in [-0.2, 0) is 11.8 Å². The number of nitrogens with zero attached hydrogens (tertiary/aromatic N) is 2. The molecule has 0 unspecified atom stereocenters. The van der Waals surface area contributed by atoms with Gasteiger partial charge in [0.15, 0.2) is 5.96 Å². The molecular formula is C17H27N3. The monoisotopic (exact) mass is 273 g/mol. The average molecular weight is 273 g/mol. The summed E-state index contributed by atoms with van der Waals surface area (Å²) < 4.78 is 0. The molecule has 0 heterocycles. The van der Waals surface area contributed by atoms with Crippen LogP contribution in [0.3, 0.4) is 0 Å². The lowest BCUT2D eigenvalue weighted by Gasteiger charge is -2.25. The average Bonchev–Trinajstić information content (AvgIpc) is 3.28. The van der Waals surface area contributed by atoms with Crippen molar-refractivity contribution >= 4 is 5.96 Å². The van der Waals surface area contributed by atoms with Crippen LogP contribution >= 0.6 is 0 Å². The highest BCUT2D eigenvalue weighted by atomic mass is 15.3. The standard InChI is InChI=1S/C17H27N3/c1-5-13-6-8-14(9-7-13)17(2,3)12-19-16(18)20(4)15-10-11-15/h6-9,15H,5,10-12H2,1-4H3,(H2,18,19). The summed E-state index contributed by atoms with van der Waals surface area (Å²) in [5, 5.41) is 0. The number of rotatable bonds is 5. The van der Waals surface area contributed by atoms with Crippen molar-refractivity contribution in [2.45, 2.75) is 51.5 Å². The van der Waals surface area contributed by atoms with Crippen molar-refractivity contribution < 1.29 is 0 Å². The Morgan fingerprint density at radius 3 is 2.40 bits per heavy atom. The fourth-order valence-corrected chi connectivity index (χ4v) is 2.32. The van der Waals surface area contributed by atoms with Gasteiger partial charge >= 0.3 is 0 Å². The largest absolute Gasteiger partial charge is 0.370 e. The molecule has 0 saturated heterocycles. The Bertz CT molecular complexity index is 470. The minimum Gasteiger partial charge on any atom is -0.370 e. The van der Waals surface area contributed by atoms with Gasteiger partial charge in [-0.25, -0.2) is 0 Å². The van der Waals surface area contributed by atoms with Crippen LogP contribution in [0.2, 0.25) is 0 Å². The Labute approximate surface area is 122 Å². The molecule has 3 heteroatoms. The Hall–Kier alpha value is -1.51. The number of hydrogen-bond acceptors (Lipinski definition) is 1. The Morgan fingerprint density at radius 2 is 1.90 bits per heavy atom. The van der Waals surface area contributed by atoms with E-state index >= 15 is 0 Å². The first kappa shape index (κ1) is 14.9. The predicted octanol–water partition coefficient (Wildman–Crippen LogP) is 2.94. The molecule has 1 fully saturated rings. The molecule has 20 heavy (non-hydrogen) atoms. The van der Waals surface area contributed by atoms with Crippen molar-refractivity contribution in [1.29, 1.82) is 0 Å². The highest BCUT2D eigenvalue weighted by Crippen LogP contribution is 2.26. The molecule has 0 spiro atoms. The van der Waals surface area contributed by atoms with E-state index in [2.05, 4.69) is 54.9 Å². The van der Waals surface area contributed by atoms with Gasteiger partial charge in [-0.1, -0.05) is 45.0 Å². The summed E-state index contributed by atoms with van der Waals surface area (Å²) >= 11 is 0. The van der Waals surface area contributed by atoms with Crippen LogP contribution in [0.1, 0.15) is 44.7 Å². The summed E-state index contributed by atoms with van der Waals surface area (Å²) in [6, 6.07) is 9.47. The number of aryl methyl sites for hydroxylation is 1. The lowest BCUT2D eigenvalue weighted by atomic mass is 9.84. The Balaban J connectivity index is 2.03. The first-order valence-corrected chi connectivity index (χ1v) is 7.56. The zero-order valence-electron chi connectivity index (χ0n) is 13.2.